The number of hydrogen-bond donors (Lipinski definition) is 0. The summed E-state index contributed by atoms with van der Waals surface area (Å²) < 4.78 is 43.7. The molecule has 1 aromatic carbocycles. The molecule has 0 unspecified atom stereocenters. The van der Waals surface area contributed by atoms with E-state index >= 15 is 0 Å². The van der Waals surface area contributed by atoms with Crippen molar-refractivity contribution in [2.24, 2.45) is 5.92 Å². The SMILES string of the molecule is FC(F)(F)CN1CCC(COc2ccc(I)cc2)CC1. The average Bonchev–Trinajstić information content (AvgIpc) is 2.38. The van der Waals surface area contributed by atoms with Crippen molar-refractivity contribution in [1.29, 1.82) is 0 Å². The summed E-state index contributed by atoms with van der Waals surface area (Å²) in [6.07, 6.45) is -2.56. The predicted octanol–water partition coefficient (Wildman–Crippen LogP) is 3.94. The smallest absolute Gasteiger partial charge is 0.401 e. The minimum atomic E-state index is -4.09. The molecule has 0 atom stereocenters. The van der Waals surface area contributed by atoms with Crippen LogP contribution in [0.15, 0.2) is 24.3 Å². The van der Waals surface area contributed by atoms with Crippen molar-refractivity contribution < 1.29 is 17.9 Å². The first-order valence-corrected chi connectivity index (χ1v) is 7.68. The van der Waals surface area contributed by atoms with Gasteiger partial charge in [0.2, 0.25) is 0 Å². The van der Waals surface area contributed by atoms with Gasteiger partial charge in [-0.3, -0.25) is 4.90 Å². The quantitative estimate of drug-likeness (QED) is 0.712. The Morgan fingerprint density at radius 3 is 2.30 bits per heavy atom. The van der Waals surface area contributed by atoms with E-state index < -0.39 is 12.7 Å². The van der Waals surface area contributed by atoms with Gasteiger partial charge in [0.1, 0.15) is 5.75 Å². The molecule has 1 aliphatic heterocycles. The Hall–Kier alpha value is -0.500. The number of nitrogens with zero attached hydrogens (tertiary/aromatic N) is 1. The van der Waals surface area contributed by atoms with Crippen LogP contribution in [0.4, 0.5) is 13.2 Å². The molecule has 0 aliphatic carbocycles. The zero-order chi connectivity index (χ0) is 14.6. The van der Waals surface area contributed by atoms with Crippen LogP contribution < -0.4 is 4.74 Å². The molecule has 0 radical (unpaired) electrons. The van der Waals surface area contributed by atoms with Crippen LogP contribution in [0.2, 0.25) is 0 Å². The molecule has 0 bridgehead atoms. The molecule has 0 aromatic heterocycles. The van der Waals surface area contributed by atoms with Crippen LogP contribution >= 0.6 is 22.6 Å². The number of hydrogen-bond acceptors (Lipinski definition) is 2. The van der Waals surface area contributed by atoms with E-state index in [0.717, 1.165) is 22.2 Å². The number of halogens is 4. The maximum absolute atomic E-state index is 12.3. The molecule has 0 spiro atoms. The molecule has 1 aliphatic rings. The number of likely N-dealkylation sites (tertiary alicyclic amines) is 1. The van der Waals surface area contributed by atoms with Crippen molar-refractivity contribution in [2.45, 2.75) is 19.0 Å². The largest absolute Gasteiger partial charge is 0.493 e. The van der Waals surface area contributed by atoms with Gasteiger partial charge in [-0.2, -0.15) is 13.2 Å². The third kappa shape index (κ3) is 5.47. The lowest BCUT2D eigenvalue weighted by atomic mass is 9.98. The molecule has 20 heavy (non-hydrogen) atoms. The molecule has 2 nitrogen and oxygen atoms in total. The Labute approximate surface area is 130 Å². The van der Waals surface area contributed by atoms with Crippen molar-refractivity contribution in [1.82, 2.24) is 4.90 Å². The van der Waals surface area contributed by atoms with Gasteiger partial charge in [-0.25, -0.2) is 0 Å². The highest BCUT2D eigenvalue weighted by Crippen LogP contribution is 2.23. The fourth-order valence-corrected chi connectivity index (χ4v) is 2.67. The number of benzene rings is 1. The summed E-state index contributed by atoms with van der Waals surface area (Å²) in [4.78, 5) is 1.47. The van der Waals surface area contributed by atoms with Crippen LogP contribution in [0, 0.1) is 9.49 Å². The number of alkyl halides is 3. The van der Waals surface area contributed by atoms with E-state index in [9.17, 15) is 13.2 Å². The molecule has 112 valence electrons. The van der Waals surface area contributed by atoms with E-state index in [0.29, 0.717) is 25.6 Å². The molecular weight excluding hydrogens is 382 g/mol. The van der Waals surface area contributed by atoms with Crippen LogP contribution in [0.1, 0.15) is 12.8 Å². The van der Waals surface area contributed by atoms with Crippen molar-refractivity contribution in [3.05, 3.63) is 27.8 Å². The predicted molar refractivity (Wildman–Crippen MR) is 79.9 cm³/mol. The highest BCUT2D eigenvalue weighted by atomic mass is 127. The average molecular weight is 399 g/mol. The highest BCUT2D eigenvalue weighted by molar-refractivity contribution is 14.1. The molecule has 1 heterocycles. The Morgan fingerprint density at radius 2 is 1.75 bits per heavy atom. The van der Waals surface area contributed by atoms with Crippen molar-refractivity contribution in [3.63, 3.8) is 0 Å². The lowest BCUT2D eigenvalue weighted by Crippen LogP contribution is -2.41. The molecule has 0 saturated carbocycles. The number of piperidine rings is 1. The van der Waals surface area contributed by atoms with Crippen LogP contribution in [-0.4, -0.2) is 37.3 Å². The molecule has 6 heteroatoms. The molecule has 0 N–H and O–H groups in total. The monoisotopic (exact) mass is 399 g/mol. The Bertz CT molecular complexity index is 413. The second-order valence-electron chi connectivity index (χ2n) is 5.10. The van der Waals surface area contributed by atoms with Gasteiger partial charge >= 0.3 is 6.18 Å². The lowest BCUT2D eigenvalue weighted by molar-refractivity contribution is -0.148. The second kappa shape index (κ2) is 6.98. The van der Waals surface area contributed by atoms with Crippen LogP contribution in [0.5, 0.6) is 5.75 Å². The normalized spacial score (nSPS) is 18.2. The summed E-state index contributed by atoms with van der Waals surface area (Å²) >= 11 is 2.23. The first-order chi connectivity index (χ1) is 9.42. The zero-order valence-corrected chi connectivity index (χ0v) is 13.2. The number of ether oxygens (including phenoxy) is 1. The van der Waals surface area contributed by atoms with Crippen LogP contribution in [0.25, 0.3) is 0 Å². The molecule has 0 amide bonds. The molecule has 1 aromatic rings. The van der Waals surface area contributed by atoms with Crippen molar-refractivity contribution in [3.8, 4) is 5.75 Å². The minimum absolute atomic E-state index is 0.346. The second-order valence-corrected chi connectivity index (χ2v) is 6.35. The van der Waals surface area contributed by atoms with E-state index in [1.54, 1.807) is 0 Å². The molecular formula is C14H17F3INO. The zero-order valence-electron chi connectivity index (χ0n) is 11.0. The van der Waals surface area contributed by atoms with E-state index in [2.05, 4.69) is 22.6 Å². The lowest BCUT2D eigenvalue weighted by Gasteiger charge is -2.32. The van der Waals surface area contributed by atoms with Crippen molar-refractivity contribution in [2.75, 3.05) is 26.2 Å². The maximum atomic E-state index is 12.3. The molecule has 1 saturated heterocycles. The number of rotatable bonds is 4. The van der Waals surface area contributed by atoms with Gasteiger partial charge in [0.05, 0.1) is 13.2 Å². The summed E-state index contributed by atoms with van der Waals surface area (Å²) in [6.45, 7) is 0.790. The molecule has 1 fully saturated rings. The summed E-state index contributed by atoms with van der Waals surface area (Å²) in [5.74, 6) is 1.17. The van der Waals surface area contributed by atoms with E-state index in [4.69, 9.17) is 4.74 Å². The Balaban J connectivity index is 1.70. The summed E-state index contributed by atoms with van der Waals surface area (Å²) in [6, 6.07) is 7.78. The Kier molecular flexibility index (Phi) is 5.54. The van der Waals surface area contributed by atoms with Gasteiger partial charge in [-0.05, 0) is 78.7 Å². The van der Waals surface area contributed by atoms with Gasteiger partial charge in [0.25, 0.3) is 0 Å². The summed E-state index contributed by atoms with van der Waals surface area (Å²) in [5, 5.41) is 0. The topological polar surface area (TPSA) is 12.5 Å². The first-order valence-electron chi connectivity index (χ1n) is 6.60. The highest BCUT2D eigenvalue weighted by Gasteiger charge is 2.32. The maximum Gasteiger partial charge on any atom is 0.401 e. The van der Waals surface area contributed by atoms with Gasteiger partial charge in [0.15, 0.2) is 0 Å². The van der Waals surface area contributed by atoms with Crippen molar-refractivity contribution >= 4 is 22.6 Å². The third-order valence-electron chi connectivity index (χ3n) is 3.41. The van der Waals surface area contributed by atoms with E-state index in [-0.39, 0.29) is 0 Å². The van der Waals surface area contributed by atoms with Gasteiger partial charge in [0, 0.05) is 3.57 Å². The fourth-order valence-electron chi connectivity index (χ4n) is 2.31. The standard InChI is InChI=1S/C14H17F3INO/c15-14(16,17)10-19-7-5-11(6-8-19)9-20-13-3-1-12(18)2-4-13/h1-4,11H,5-10H2. The van der Waals surface area contributed by atoms with E-state index in [1.165, 1.54) is 4.90 Å². The summed E-state index contributed by atoms with van der Waals surface area (Å²) in [7, 11) is 0. The van der Waals surface area contributed by atoms with Gasteiger partial charge in [-0.1, -0.05) is 0 Å². The summed E-state index contributed by atoms with van der Waals surface area (Å²) in [5.41, 5.74) is 0. The fraction of sp³-hybridized carbons (Fsp3) is 0.571. The minimum Gasteiger partial charge on any atom is -0.493 e. The third-order valence-corrected chi connectivity index (χ3v) is 4.13. The Morgan fingerprint density at radius 1 is 1.15 bits per heavy atom. The molecule has 2 rings (SSSR count). The van der Waals surface area contributed by atoms with E-state index in [1.807, 2.05) is 24.3 Å². The first kappa shape index (κ1) is 15.9. The van der Waals surface area contributed by atoms with Gasteiger partial charge in [-0.15, -0.1) is 0 Å². The van der Waals surface area contributed by atoms with Gasteiger partial charge < -0.3 is 4.74 Å². The van der Waals surface area contributed by atoms with Crippen LogP contribution in [-0.2, 0) is 0 Å². The van der Waals surface area contributed by atoms with Crippen LogP contribution in [0.3, 0.4) is 0 Å².